The first-order valence-corrected chi connectivity index (χ1v) is 8.96. The minimum atomic E-state index is -0.735. The summed E-state index contributed by atoms with van der Waals surface area (Å²) in [5.41, 5.74) is 6.09. The SMILES string of the molecule is CC(Oc1cc(NC(=O)N2C=CC=CC2)nnc1N)c1c(Cl)ccc(F)c1Cl. The number of nitrogens with one attached hydrogen (secondary N) is 1. The number of hydrogen-bond acceptors (Lipinski definition) is 5. The molecular formula is C18H16Cl2FN5O2. The Labute approximate surface area is 170 Å². The predicted molar refractivity (Wildman–Crippen MR) is 106 cm³/mol. The molecule has 0 fully saturated rings. The van der Waals surface area contributed by atoms with Crippen LogP contribution in [0.2, 0.25) is 10.0 Å². The van der Waals surface area contributed by atoms with Crippen molar-refractivity contribution in [3.8, 4) is 5.75 Å². The van der Waals surface area contributed by atoms with Crippen molar-refractivity contribution in [3.05, 3.63) is 64.1 Å². The molecule has 0 saturated carbocycles. The van der Waals surface area contributed by atoms with Crippen molar-refractivity contribution in [3.63, 3.8) is 0 Å². The maximum absolute atomic E-state index is 13.8. The summed E-state index contributed by atoms with van der Waals surface area (Å²) in [6, 6.07) is 3.58. The van der Waals surface area contributed by atoms with E-state index in [4.69, 9.17) is 33.7 Å². The number of amides is 2. The average Bonchev–Trinajstić information content (AvgIpc) is 2.68. The summed E-state index contributed by atoms with van der Waals surface area (Å²) in [4.78, 5) is 13.7. The van der Waals surface area contributed by atoms with E-state index in [0.29, 0.717) is 6.54 Å². The number of nitrogens with zero attached hydrogens (tertiary/aromatic N) is 3. The molecule has 0 spiro atoms. The zero-order valence-corrected chi connectivity index (χ0v) is 16.2. The number of allylic oxidation sites excluding steroid dienone is 2. The molecule has 1 atom stereocenters. The van der Waals surface area contributed by atoms with Crippen LogP contribution >= 0.6 is 23.2 Å². The van der Waals surface area contributed by atoms with Gasteiger partial charge in [0.15, 0.2) is 17.4 Å². The Morgan fingerprint density at radius 2 is 2.14 bits per heavy atom. The van der Waals surface area contributed by atoms with Gasteiger partial charge in [-0.2, -0.15) is 0 Å². The number of nitrogens with two attached hydrogens (primary N) is 1. The molecule has 7 nitrogen and oxygen atoms in total. The fourth-order valence-electron chi connectivity index (χ4n) is 2.50. The summed E-state index contributed by atoms with van der Waals surface area (Å²) in [7, 11) is 0. The normalized spacial score (nSPS) is 14.1. The van der Waals surface area contributed by atoms with Crippen molar-refractivity contribution in [1.29, 1.82) is 0 Å². The van der Waals surface area contributed by atoms with Gasteiger partial charge in [0.25, 0.3) is 0 Å². The van der Waals surface area contributed by atoms with E-state index in [1.807, 2.05) is 12.2 Å². The van der Waals surface area contributed by atoms with Gasteiger partial charge in [-0.15, -0.1) is 10.2 Å². The third kappa shape index (κ3) is 4.35. The van der Waals surface area contributed by atoms with Crippen LogP contribution in [0.3, 0.4) is 0 Å². The number of nitrogen functional groups attached to an aromatic ring is 1. The first-order valence-electron chi connectivity index (χ1n) is 8.21. The number of hydrogen-bond donors (Lipinski definition) is 2. The molecule has 10 heteroatoms. The van der Waals surface area contributed by atoms with E-state index >= 15 is 0 Å². The molecule has 0 aliphatic carbocycles. The van der Waals surface area contributed by atoms with Gasteiger partial charge in [-0.25, -0.2) is 9.18 Å². The zero-order chi connectivity index (χ0) is 20.3. The lowest BCUT2D eigenvalue weighted by Gasteiger charge is -2.20. The van der Waals surface area contributed by atoms with Crippen LogP contribution in [0, 0.1) is 5.82 Å². The molecule has 28 heavy (non-hydrogen) atoms. The zero-order valence-electron chi connectivity index (χ0n) is 14.7. The Bertz CT molecular complexity index is 967. The molecule has 3 rings (SSSR count). The molecule has 146 valence electrons. The summed E-state index contributed by atoms with van der Waals surface area (Å²) in [5, 5.41) is 10.3. The second-order valence-corrected chi connectivity index (χ2v) is 6.63. The smallest absolute Gasteiger partial charge is 0.327 e. The average molecular weight is 424 g/mol. The molecule has 0 saturated heterocycles. The molecule has 1 aliphatic heterocycles. The second-order valence-electron chi connectivity index (χ2n) is 5.85. The molecule has 3 N–H and O–H groups in total. The monoisotopic (exact) mass is 423 g/mol. The van der Waals surface area contributed by atoms with Crippen LogP contribution in [-0.2, 0) is 0 Å². The van der Waals surface area contributed by atoms with Gasteiger partial charge < -0.3 is 10.5 Å². The molecule has 2 amide bonds. The Balaban J connectivity index is 1.78. The number of aromatic nitrogens is 2. The number of rotatable bonds is 4. The number of carbonyl (C=O) groups excluding carboxylic acids is 1. The van der Waals surface area contributed by atoms with Crippen molar-refractivity contribution in [1.82, 2.24) is 15.1 Å². The number of halogens is 3. The molecule has 1 aromatic carbocycles. The third-order valence-corrected chi connectivity index (χ3v) is 4.60. The minimum absolute atomic E-state index is 0.00528. The van der Waals surface area contributed by atoms with Crippen molar-refractivity contribution in [2.75, 3.05) is 17.6 Å². The fraction of sp³-hybridized carbons (Fsp3) is 0.167. The first-order chi connectivity index (χ1) is 13.4. The van der Waals surface area contributed by atoms with Crippen LogP contribution in [0.4, 0.5) is 20.8 Å². The van der Waals surface area contributed by atoms with Gasteiger partial charge in [-0.3, -0.25) is 10.2 Å². The highest BCUT2D eigenvalue weighted by Crippen LogP contribution is 2.36. The van der Waals surface area contributed by atoms with Gasteiger partial charge in [0.05, 0.1) is 5.02 Å². The lowest BCUT2D eigenvalue weighted by Crippen LogP contribution is -2.31. The van der Waals surface area contributed by atoms with E-state index in [-0.39, 0.29) is 33.0 Å². The van der Waals surface area contributed by atoms with E-state index in [0.717, 1.165) is 0 Å². The topological polar surface area (TPSA) is 93.4 Å². The third-order valence-electron chi connectivity index (χ3n) is 3.89. The fourth-order valence-corrected chi connectivity index (χ4v) is 3.18. The van der Waals surface area contributed by atoms with Crippen LogP contribution in [-0.4, -0.2) is 27.7 Å². The van der Waals surface area contributed by atoms with Crippen molar-refractivity contribution in [2.45, 2.75) is 13.0 Å². The number of urea groups is 1. The lowest BCUT2D eigenvalue weighted by atomic mass is 10.1. The Morgan fingerprint density at radius 3 is 2.86 bits per heavy atom. The molecule has 1 aliphatic rings. The molecule has 1 unspecified atom stereocenters. The van der Waals surface area contributed by atoms with Gasteiger partial charge in [0, 0.05) is 29.4 Å². The molecule has 2 aromatic rings. The summed E-state index contributed by atoms with van der Waals surface area (Å²) < 4.78 is 19.5. The number of carbonyl (C=O) groups is 1. The summed E-state index contributed by atoms with van der Waals surface area (Å²) >= 11 is 12.1. The van der Waals surface area contributed by atoms with Crippen LogP contribution < -0.4 is 15.8 Å². The van der Waals surface area contributed by atoms with Crippen LogP contribution in [0.25, 0.3) is 0 Å². The van der Waals surface area contributed by atoms with E-state index < -0.39 is 18.0 Å². The van der Waals surface area contributed by atoms with Gasteiger partial charge in [0.2, 0.25) is 0 Å². The summed E-state index contributed by atoms with van der Waals surface area (Å²) in [5.74, 6) is -0.340. The number of ether oxygens (including phenoxy) is 1. The van der Waals surface area contributed by atoms with Gasteiger partial charge in [-0.05, 0) is 25.1 Å². The molecule has 1 aromatic heterocycles. The van der Waals surface area contributed by atoms with Crippen LogP contribution in [0.5, 0.6) is 5.75 Å². The first kappa shape index (κ1) is 19.9. The maximum Gasteiger partial charge on any atom is 0.327 e. The largest absolute Gasteiger partial charge is 0.482 e. The van der Waals surface area contributed by atoms with E-state index in [1.165, 1.54) is 23.1 Å². The Morgan fingerprint density at radius 1 is 1.36 bits per heavy atom. The van der Waals surface area contributed by atoms with Gasteiger partial charge >= 0.3 is 6.03 Å². The van der Waals surface area contributed by atoms with Crippen LogP contribution in [0.1, 0.15) is 18.6 Å². The Hall–Kier alpha value is -2.84. The molecule has 0 radical (unpaired) electrons. The highest BCUT2D eigenvalue weighted by atomic mass is 35.5. The van der Waals surface area contributed by atoms with Crippen molar-refractivity contribution >= 4 is 40.9 Å². The summed E-state index contributed by atoms with van der Waals surface area (Å²) in [6.07, 6.45) is 6.30. The van der Waals surface area contributed by atoms with E-state index in [1.54, 1.807) is 19.2 Å². The van der Waals surface area contributed by atoms with Gasteiger partial charge in [0.1, 0.15) is 11.9 Å². The Kier molecular flexibility index (Phi) is 6.01. The minimum Gasteiger partial charge on any atom is -0.482 e. The van der Waals surface area contributed by atoms with E-state index in [2.05, 4.69) is 15.5 Å². The quantitative estimate of drug-likeness (QED) is 0.702. The number of benzene rings is 1. The second kappa shape index (κ2) is 8.45. The molecular weight excluding hydrogens is 408 g/mol. The maximum atomic E-state index is 13.8. The lowest BCUT2D eigenvalue weighted by molar-refractivity contribution is 0.226. The number of anilines is 2. The standard InChI is InChI=1S/C18H16Cl2FN5O2/c1-10(15-11(19)5-6-12(21)16(15)20)28-13-9-14(24-25-17(13)22)23-18(27)26-7-3-2-4-8-26/h2-7,9-10H,8H2,1H3,(H2,22,25)(H,23,24,27). The molecule has 0 bridgehead atoms. The summed E-state index contributed by atoms with van der Waals surface area (Å²) in [6.45, 7) is 2.07. The van der Waals surface area contributed by atoms with Crippen LogP contribution in [0.15, 0.2) is 42.6 Å². The van der Waals surface area contributed by atoms with Crippen molar-refractivity contribution in [2.24, 2.45) is 0 Å². The van der Waals surface area contributed by atoms with Crippen molar-refractivity contribution < 1.29 is 13.9 Å². The highest BCUT2D eigenvalue weighted by Gasteiger charge is 2.21. The van der Waals surface area contributed by atoms with Gasteiger partial charge in [-0.1, -0.05) is 35.4 Å². The van der Waals surface area contributed by atoms with E-state index in [9.17, 15) is 9.18 Å². The predicted octanol–water partition coefficient (Wildman–Crippen LogP) is 4.56. The molecule has 2 heterocycles. The highest BCUT2D eigenvalue weighted by molar-refractivity contribution is 6.36.